The molecule has 0 aromatic heterocycles. The Labute approximate surface area is 92.8 Å². The first-order valence-corrected chi connectivity index (χ1v) is 6.42. The van der Waals surface area contributed by atoms with Crippen molar-refractivity contribution in [1.82, 2.24) is 10.2 Å². The van der Waals surface area contributed by atoms with Crippen LogP contribution in [0.25, 0.3) is 0 Å². The number of hydrogen-bond acceptors (Lipinski definition) is 2. The van der Waals surface area contributed by atoms with Crippen LogP contribution in [-0.2, 0) is 5.11 Å². The quantitative estimate of drug-likeness (QED) is 0.743. The minimum Gasteiger partial charge on any atom is -0.314 e. The summed E-state index contributed by atoms with van der Waals surface area (Å²) in [7, 11) is 0. The molecule has 1 unspecified atom stereocenters. The summed E-state index contributed by atoms with van der Waals surface area (Å²) in [5.74, 6) is 0.723. The van der Waals surface area contributed by atoms with Gasteiger partial charge in [-0.25, -0.2) is 5.11 Å². The summed E-state index contributed by atoms with van der Waals surface area (Å²) in [4.78, 5) is 2.57. The van der Waals surface area contributed by atoms with E-state index >= 15 is 0 Å². The molecule has 0 aromatic carbocycles. The van der Waals surface area contributed by atoms with Gasteiger partial charge in [-0.3, -0.25) is 0 Å². The summed E-state index contributed by atoms with van der Waals surface area (Å²) in [5.41, 5.74) is 0. The Hall–Kier alpha value is -0.120. The molecule has 0 aromatic rings. The maximum absolute atomic E-state index is 10.5. The van der Waals surface area contributed by atoms with E-state index in [1.807, 2.05) is 0 Å². The number of nitrogens with zero attached hydrogens (tertiary/aromatic N) is 1. The molecule has 0 amide bonds. The molecule has 2 fully saturated rings. The summed E-state index contributed by atoms with van der Waals surface area (Å²) in [6.07, 6.45) is 6.08. The van der Waals surface area contributed by atoms with Crippen LogP contribution in [0.1, 0.15) is 32.1 Å². The van der Waals surface area contributed by atoms with E-state index in [1.165, 1.54) is 51.9 Å². The van der Waals surface area contributed by atoms with Gasteiger partial charge in [0.1, 0.15) is 0 Å². The zero-order valence-electron chi connectivity index (χ0n) is 9.58. The molecule has 2 aliphatic rings. The summed E-state index contributed by atoms with van der Waals surface area (Å²) in [6.45, 7) is 5.03. The Morgan fingerprint density at radius 2 is 1.87 bits per heavy atom. The Bertz CT molecular complexity index is 174. The lowest BCUT2D eigenvalue weighted by atomic mass is 9.93. The van der Waals surface area contributed by atoms with E-state index in [4.69, 9.17) is 0 Å². The van der Waals surface area contributed by atoms with Gasteiger partial charge in [-0.2, -0.15) is 0 Å². The van der Waals surface area contributed by atoms with Crippen LogP contribution in [0.5, 0.6) is 0 Å². The Balaban J connectivity index is 1.56. The van der Waals surface area contributed by atoms with Gasteiger partial charge in [0, 0.05) is 6.04 Å². The molecule has 1 atom stereocenters. The summed E-state index contributed by atoms with van der Waals surface area (Å²) < 4.78 is 0. The topological polar surface area (TPSA) is 35.2 Å². The molecule has 3 nitrogen and oxygen atoms in total. The Morgan fingerprint density at radius 3 is 2.40 bits per heavy atom. The van der Waals surface area contributed by atoms with Crippen LogP contribution >= 0.6 is 0 Å². The molecule has 2 aliphatic heterocycles. The van der Waals surface area contributed by atoms with E-state index in [2.05, 4.69) is 10.2 Å². The van der Waals surface area contributed by atoms with Gasteiger partial charge in [0.15, 0.2) is 0 Å². The summed E-state index contributed by atoms with van der Waals surface area (Å²) >= 11 is 0. The van der Waals surface area contributed by atoms with E-state index < -0.39 is 0 Å². The van der Waals surface area contributed by atoms with Crippen molar-refractivity contribution in [3.8, 4) is 0 Å². The third kappa shape index (κ3) is 3.44. The lowest BCUT2D eigenvalue weighted by Gasteiger charge is -2.34. The van der Waals surface area contributed by atoms with E-state index in [0.717, 1.165) is 18.4 Å². The zero-order valence-corrected chi connectivity index (χ0v) is 9.58. The predicted molar refractivity (Wildman–Crippen MR) is 60.4 cm³/mol. The molecule has 2 heterocycles. The van der Waals surface area contributed by atoms with Crippen LogP contribution in [0.2, 0.25) is 0 Å². The number of piperidine rings is 1. The molecule has 1 radical (unpaired) electrons. The fraction of sp³-hybridized carbons (Fsp3) is 1.00. The SMILES string of the molecule is [O]CCC1CCN(CCC2CCN2)CC1. The van der Waals surface area contributed by atoms with Crippen molar-refractivity contribution in [3.05, 3.63) is 0 Å². The fourth-order valence-corrected chi connectivity index (χ4v) is 2.60. The second-order valence-electron chi connectivity index (χ2n) is 5.01. The fourth-order valence-electron chi connectivity index (χ4n) is 2.60. The van der Waals surface area contributed by atoms with Crippen molar-refractivity contribution < 1.29 is 5.11 Å². The van der Waals surface area contributed by atoms with Crippen molar-refractivity contribution in [3.63, 3.8) is 0 Å². The van der Waals surface area contributed by atoms with Crippen molar-refractivity contribution in [2.24, 2.45) is 5.92 Å². The van der Waals surface area contributed by atoms with Gasteiger partial charge >= 0.3 is 0 Å². The highest BCUT2D eigenvalue weighted by atomic mass is 16.3. The van der Waals surface area contributed by atoms with Crippen LogP contribution in [0.3, 0.4) is 0 Å². The lowest BCUT2D eigenvalue weighted by Crippen LogP contribution is -2.45. The summed E-state index contributed by atoms with van der Waals surface area (Å²) in [6, 6.07) is 0.796. The first-order chi connectivity index (χ1) is 7.38. The monoisotopic (exact) mass is 211 g/mol. The molecule has 15 heavy (non-hydrogen) atoms. The van der Waals surface area contributed by atoms with Crippen molar-refractivity contribution in [2.75, 3.05) is 32.8 Å². The molecule has 0 bridgehead atoms. The predicted octanol–water partition coefficient (Wildman–Crippen LogP) is 1.27. The maximum Gasteiger partial charge on any atom is 0.0825 e. The molecule has 2 saturated heterocycles. The second kappa shape index (κ2) is 5.83. The average Bonchev–Trinajstić information content (AvgIpc) is 2.19. The number of likely N-dealkylation sites (tertiary alicyclic amines) is 1. The number of nitrogens with one attached hydrogen (secondary N) is 1. The van der Waals surface area contributed by atoms with Crippen LogP contribution < -0.4 is 5.32 Å². The molecule has 87 valence electrons. The van der Waals surface area contributed by atoms with E-state index in [-0.39, 0.29) is 6.61 Å². The first kappa shape index (κ1) is 11.4. The molecule has 1 N–H and O–H groups in total. The van der Waals surface area contributed by atoms with E-state index in [0.29, 0.717) is 0 Å². The molecule has 3 heteroatoms. The van der Waals surface area contributed by atoms with E-state index in [9.17, 15) is 5.11 Å². The van der Waals surface area contributed by atoms with E-state index in [1.54, 1.807) is 0 Å². The van der Waals surface area contributed by atoms with Gasteiger partial charge in [-0.1, -0.05) is 0 Å². The molecule has 0 aliphatic carbocycles. The highest BCUT2D eigenvalue weighted by molar-refractivity contribution is 4.80. The zero-order chi connectivity index (χ0) is 10.5. The highest BCUT2D eigenvalue weighted by Crippen LogP contribution is 2.20. The van der Waals surface area contributed by atoms with Gasteiger partial charge in [0.25, 0.3) is 0 Å². The van der Waals surface area contributed by atoms with Crippen LogP contribution in [0.15, 0.2) is 0 Å². The number of hydrogen-bond donors (Lipinski definition) is 1. The normalized spacial score (nSPS) is 29.0. The maximum atomic E-state index is 10.5. The minimum atomic E-state index is 0.122. The van der Waals surface area contributed by atoms with Gasteiger partial charge in [-0.15, -0.1) is 0 Å². The van der Waals surface area contributed by atoms with Gasteiger partial charge in [0.05, 0.1) is 6.61 Å². The molecule has 2 rings (SSSR count). The molecular formula is C12H23N2O. The molecular weight excluding hydrogens is 188 g/mol. The second-order valence-corrected chi connectivity index (χ2v) is 5.01. The average molecular weight is 211 g/mol. The summed E-state index contributed by atoms with van der Waals surface area (Å²) in [5, 5.41) is 14.0. The van der Waals surface area contributed by atoms with Crippen molar-refractivity contribution >= 4 is 0 Å². The Kier molecular flexibility index (Phi) is 4.42. The highest BCUT2D eigenvalue weighted by Gasteiger charge is 2.21. The first-order valence-electron chi connectivity index (χ1n) is 6.42. The molecule has 0 saturated carbocycles. The lowest BCUT2D eigenvalue weighted by molar-refractivity contribution is 0.126. The van der Waals surface area contributed by atoms with Gasteiger partial charge in [-0.05, 0) is 64.2 Å². The number of rotatable bonds is 5. The van der Waals surface area contributed by atoms with Gasteiger partial charge in [0.2, 0.25) is 0 Å². The van der Waals surface area contributed by atoms with Gasteiger partial charge < -0.3 is 10.2 Å². The van der Waals surface area contributed by atoms with Crippen LogP contribution in [-0.4, -0.2) is 43.7 Å². The van der Waals surface area contributed by atoms with Crippen LogP contribution in [0, 0.1) is 5.92 Å². The minimum absolute atomic E-state index is 0.122. The van der Waals surface area contributed by atoms with Crippen LogP contribution in [0.4, 0.5) is 0 Å². The smallest absolute Gasteiger partial charge is 0.0825 e. The Morgan fingerprint density at radius 1 is 1.13 bits per heavy atom. The van der Waals surface area contributed by atoms with Crippen molar-refractivity contribution in [1.29, 1.82) is 0 Å². The van der Waals surface area contributed by atoms with Crippen molar-refractivity contribution in [2.45, 2.75) is 38.1 Å². The third-order valence-corrected chi connectivity index (χ3v) is 3.95. The molecule has 0 spiro atoms. The third-order valence-electron chi connectivity index (χ3n) is 3.95. The standard InChI is InChI=1S/C12H23N2O/c15-10-5-11-2-7-14(8-3-11)9-4-12-1-6-13-12/h11-13H,1-10H2. The largest absolute Gasteiger partial charge is 0.314 e.